The number of fused-ring (bicyclic) bond motifs is 1. The SMILES string of the molecule is O=C(c1cc2ccccc2[nH]1)N1CC(S(=O)(=O)c2ccc(Cl)cc2)C1. The van der Waals surface area contributed by atoms with Crippen LogP contribution in [-0.4, -0.2) is 42.5 Å². The number of benzene rings is 2. The lowest BCUT2D eigenvalue weighted by molar-refractivity contribution is 0.0653. The van der Waals surface area contributed by atoms with Gasteiger partial charge in [-0.15, -0.1) is 0 Å². The van der Waals surface area contributed by atoms with Crippen molar-refractivity contribution in [2.75, 3.05) is 13.1 Å². The number of nitrogens with zero attached hydrogens (tertiary/aromatic N) is 1. The van der Waals surface area contributed by atoms with Crippen LogP contribution in [0.2, 0.25) is 5.02 Å². The van der Waals surface area contributed by atoms with Crippen molar-refractivity contribution in [1.29, 1.82) is 0 Å². The Hall–Kier alpha value is -2.31. The summed E-state index contributed by atoms with van der Waals surface area (Å²) in [5.41, 5.74) is 1.36. The second-order valence-corrected chi connectivity index (χ2v) is 8.77. The van der Waals surface area contributed by atoms with Crippen LogP contribution >= 0.6 is 11.6 Å². The number of carbonyl (C=O) groups excluding carboxylic acids is 1. The van der Waals surface area contributed by atoms with Gasteiger partial charge in [0, 0.05) is 29.0 Å². The molecule has 3 aromatic rings. The molecule has 1 amide bonds. The van der Waals surface area contributed by atoms with E-state index in [2.05, 4.69) is 4.98 Å². The summed E-state index contributed by atoms with van der Waals surface area (Å²) in [5.74, 6) is -0.182. The molecule has 0 unspecified atom stereocenters. The Morgan fingerprint density at radius 3 is 2.44 bits per heavy atom. The van der Waals surface area contributed by atoms with E-state index in [1.807, 2.05) is 24.3 Å². The predicted octanol–water partition coefficient (Wildman–Crippen LogP) is 3.12. The predicted molar refractivity (Wildman–Crippen MR) is 96.6 cm³/mol. The van der Waals surface area contributed by atoms with Crippen LogP contribution in [0.4, 0.5) is 0 Å². The van der Waals surface area contributed by atoms with Crippen molar-refractivity contribution in [2.24, 2.45) is 0 Å². The van der Waals surface area contributed by atoms with Crippen LogP contribution in [0.5, 0.6) is 0 Å². The summed E-state index contributed by atoms with van der Waals surface area (Å²) in [5, 5.41) is 0.863. The zero-order valence-electron chi connectivity index (χ0n) is 13.1. The molecule has 4 rings (SSSR count). The average molecular weight is 375 g/mol. The van der Waals surface area contributed by atoms with Crippen molar-refractivity contribution in [3.63, 3.8) is 0 Å². The molecule has 7 heteroatoms. The standard InChI is InChI=1S/C18H15ClN2O3S/c19-13-5-7-14(8-6-13)25(23,24)15-10-21(11-15)18(22)17-9-12-3-1-2-4-16(12)20-17/h1-9,15,20H,10-11H2. The monoisotopic (exact) mass is 374 g/mol. The maximum Gasteiger partial charge on any atom is 0.270 e. The molecule has 0 radical (unpaired) electrons. The van der Waals surface area contributed by atoms with E-state index in [1.165, 1.54) is 12.1 Å². The number of hydrogen-bond acceptors (Lipinski definition) is 3. The smallest absolute Gasteiger partial charge is 0.270 e. The van der Waals surface area contributed by atoms with Crippen molar-refractivity contribution in [3.8, 4) is 0 Å². The number of carbonyl (C=O) groups is 1. The van der Waals surface area contributed by atoms with E-state index in [0.29, 0.717) is 10.7 Å². The molecule has 0 bridgehead atoms. The summed E-state index contributed by atoms with van der Waals surface area (Å²) < 4.78 is 25.2. The number of nitrogens with one attached hydrogen (secondary N) is 1. The molecule has 1 saturated heterocycles. The molecule has 1 N–H and O–H groups in total. The molecule has 1 aliphatic heterocycles. The van der Waals surface area contributed by atoms with Gasteiger partial charge in [0.05, 0.1) is 4.90 Å². The van der Waals surface area contributed by atoms with Crippen molar-refractivity contribution in [1.82, 2.24) is 9.88 Å². The molecule has 1 aromatic heterocycles. The molecule has 1 fully saturated rings. The Kier molecular flexibility index (Phi) is 3.81. The Morgan fingerprint density at radius 1 is 1.08 bits per heavy atom. The van der Waals surface area contributed by atoms with Crippen LogP contribution < -0.4 is 0 Å². The molecule has 0 spiro atoms. The first-order valence-electron chi connectivity index (χ1n) is 7.81. The van der Waals surface area contributed by atoms with Gasteiger partial charge in [0.1, 0.15) is 10.9 Å². The highest BCUT2D eigenvalue weighted by Gasteiger charge is 2.41. The lowest BCUT2D eigenvalue weighted by Crippen LogP contribution is -2.56. The number of sulfone groups is 1. The Bertz CT molecular complexity index is 1020. The molecule has 0 atom stereocenters. The lowest BCUT2D eigenvalue weighted by atomic mass is 10.2. The Labute approximate surface area is 150 Å². The summed E-state index contributed by atoms with van der Waals surface area (Å²) in [6.45, 7) is 0.387. The van der Waals surface area contributed by atoms with Crippen LogP contribution in [0, 0.1) is 0 Å². The molecule has 0 saturated carbocycles. The van der Waals surface area contributed by atoms with Crippen molar-refractivity contribution < 1.29 is 13.2 Å². The van der Waals surface area contributed by atoms with E-state index in [9.17, 15) is 13.2 Å². The maximum absolute atomic E-state index is 12.6. The van der Waals surface area contributed by atoms with Crippen LogP contribution in [-0.2, 0) is 9.84 Å². The lowest BCUT2D eigenvalue weighted by Gasteiger charge is -2.38. The summed E-state index contributed by atoms with van der Waals surface area (Å²) in [6, 6.07) is 15.5. The van der Waals surface area contributed by atoms with Crippen LogP contribution in [0.3, 0.4) is 0 Å². The minimum absolute atomic E-state index is 0.182. The number of likely N-dealkylation sites (tertiary alicyclic amines) is 1. The van der Waals surface area contributed by atoms with Crippen molar-refractivity contribution >= 4 is 38.2 Å². The van der Waals surface area contributed by atoms with Gasteiger partial charge in [-0.1, -0.05) is 29.8 Å². The zero-order valence-corrected chi connectivity index (χ0v) is 14.7. The van der Waals surface area contributed by atoms with Gasteiger partial charge in [0.2, 0.25) is 0 Å². The fraction of sp³-hybridized carbons (Fsp3) is 0.167. The van der Waals surface area contributed by atoms with Gasteiger partial charge in [-0.2, -0.15) is 0 Å². The molecule has 5 nitrogen and oxygen atoms in total. The first-order valence-corrected chi connectivity index (χ1v) is 9.74. The number of H-pyrrole nitrogens is 1. The highest BCUT2D eigenvalue weighted by molar-refractivity contribution is 7.92. The van der Waals surface area contributed by atoms with Crippen LogP contribution in [0.25, 0.3) is 10.9 Å². The topological polar surface area (TPSA) is 70.2 Å². The third-order valence-electron chi connectivity index (χ3n) is 4.48. The van der Waals surface area contributed by atoms with E-state index >= 15 is 0 Å². The van der Waals surface area contributed by atoms with Crippen LogP contribution in [0.15, 0.2) is 59.5 Å². The number of amides is 1. The number of aromatic nitrogens is 1. The fourth-order valence-corrected chi connectivity index (χ4v) is 4.75. The van der Waals surface area contributed by atoms with Gasteiger partial charge in [0.25, 0.3) is 5.91 Å². The van der Waals surface area contributed by atoms with Gasteiger partial charge in [-0.05, 0) is 36.4 Å². The van der Waals surface area contributed by atoms with Crippen molar-refractivity contribution in [2.45, 2.75) is 10.1 Å². The number of hydrogen-bond donors (Lipinski definition) is 1. The van der Waals surface area contributed by atoms with E-state index in [-0.39, 0.29) is 23.9 Å². The molecule has 2 aromatic carbocycles. The van der Waals surface area contributed by atoms with E-state index in [1.54, 1.807) is 23.1 Å². The zero-order chi connectivity index (χ0) is 17.6. The molecular weight excluding hydrogens is 360 g/mol. The first kappa shape index (κ1) is 16.2. The summed E-state index contributed by atoms with van der Waals surface area (Å²) >= 11 is 5.80. The summed E-state index contributed by atoms with van der Waals surface area (Å²) in [7, 11) is -3.45. The molecular formula is C18H15ClN2O3S. The maximum atomic E-state index is 12.6. The molecule has 0 aliphatic carbocycles. The minimum atomic E-state index is -3.45. The Morgan fingerprint density at radius 2 is 1.76 bits per heavy atom. The second kappa shape index (κ2) is 5.89. The van der Waals surface area contributed by atoms with Crippen molar-refractivity contribution in [3.05, 3.63) is 65.3 Å². The second-order valence-electron chi connectivity index (χ2n) is 6.10. The molecule has 128 valence electrons. The number of aromatic amines is 1. The van der Waals surface area contributed by atoms with Crippen LogP contribution in [0.1, 0.15) is 10.5 Å². The average Bonchev–Trinajstić information content (AvgIpc) is 2.97. The first-order chi connectivity index (χ1) is 11.9. The van der Waals surface area contributed by atoms with E-state index in [4.69, 9.17) is 11.6 Å². The largest absolute Gasteiger partial charge is 0.351 e. The van der Waals surface area contributed by atoms with Gasteiger partial charge >= 0.3 is 0 Å². The third kappa shape index (κ3) is 2.81. The third-order valence-corrected chi connectivity index (χ3v) is 6.83. The number of rotatable bonds is 3. The highest BCUT2D eigenvalue weighted by Crippen LogP contribution is 2.26. The summed E-state index contributed by atoms with van der Waals surface area (Å²) in [6.07, 6.45) is 0. The fourth-order valence-electron chi connectivity index (χ4n) is 2.98. The normalized spacial score (nSPS) is 15.3. The van der Waals surface area contributed by atoms with Gasteiger partial charge in [0.15, 0.2) is 9.84 Å². The summed E-state index contributed by atoms with van der Waals surface area (Å²) in [4.78, 5) is 17.4. The molecule has 1 aliphatic rings. The molecule has 25 heavy (non-hydrogen) atoms. The number of halogens is 1. The molecule has 2 heterocycles. The van der Waals surface area contributed by atoms with E-state index in [0.717, 1.165) is 10.9 Å². The van der Waals surface area contributed by atoms with Gasteiger partial charge in [-0.3, -0.25) is 4.79 Å². The highest BCUT2D eigenvalue weighted by atomic mass is 35.5. The van der Waals surface area contributed by atoms with Gasteiger partial charge in [-0.25, -0.2) is 8.42 Å². The quantitative estimate of drug-likeness (QED) is 0.765. The minimum Gasteiger partial charge on any atom is -0.351 e. The van der Waals surface area contributed by atoms with Gasteiger partial charge < -0.3 is 9.88 Å². The van der Waals surface area contributed by atoms with E-state index < -0.39 is 15.1 Å². The Balaban J connectivity index is 1.49. The number of para-hydroxylation sites is 1.